The number of aromatic nitrogens is 1. The van der Waals surface area contributed by atoms with Crippen molar-refractivity contribution in [3.63, 3.8) is 0 Å². The molecule has 0 spiro atoms. The van der Waals surface area contributed by atoms with Gasteiger partial charge in [0.15, 0.2) is 0 Å². The van der Waals surface area contributed by atoms with Crippen molar-refractivity contribution in [3.8, 4) is 11.3 Å². The fourth-order valence-corrected chi connectivity index (χ4v) is 3.95. The molecule has 1 N–H and O–H groups in total. The maximum Gasteiger partial charge on any atom is 0.308 e. The average molecular weight is 337 g/mol. The van der Waals surface area contributed by atoms with E-state index in [4.69, 9.17) is 11.6 Å². The zero-order chi connectivity index (χ0) is 15.7. The van der Waals surface area contributed by atoms with Crippen molar-refractivity contribution in [3.05, 3.63) is 39.7 Å². The second-order valence-electron chi connectivity index (χ2n) is 5.72. The number of halogens is 1. The van der Waals surface area contributed by atoms with Gasteiger partial charge in [-0.25, -0.2) is 4.98 Å². The van der Waals surface area contributed by atoms with Gasteiger partial charge in [0.2, 0.25) is 0 Å². The summed E-state index contributed by atoms with van der Waals surface area (Å²) >= 11 is 7.79. The van der Waals surface area contributed by atoms with Crippen LogP contribution < -0.4 is 0 Å². The Kier molecular flexibility index (Phi) is 4.47. The maximum atomic E-state index is 11.2. The Morgan fingerprint density at radius 2 is 2.23 bits per heavy atom. The molecule has 0 saturated carbocycles. The highest BCUT2D eigenvalue weighted by Gasteiger charge is 2.34. The minimum atomic E-state index is -0.703. The number of likely N-dealkylation sites (tertiary alicyclic amines) is 1. The van der Waals surface area contributed by atoms with Crippen LogP contribution >= 0.6 is 22.9 Å². The van der Waals surface area contributed by atoms with Crippen molar-refractivity contribution in [2.24, 2.45) is 11.8 Å². The summed E-state index contributed by atoms with van der Waals surface area (Å²) in [6.07, 6.45) is 0. The van der Waals surface area contributed by atoms with Gasteiger partial charge in [-0.05, 0) is 12.0 Å². The van der Waals surface area contributed by atoms with Gasteiger partial charge in [-0.3, -0.25) is 9.69 Å². The zero-order valence-electron chi connectivity index (χ0n) is 12.2. The van der Waals surface area contributed by atoms with Gasteiger partial charge in [0, 0.05) is 29.1 Å². The summed E-state index contributed by atoms with van der Waals surface area (Å²) in [5, 5.41) is 12.9. The topological polar surface area (TPSA) is 53.4 Å². The van der Waals surface area contributed by atoms with Crippen LogP contribution in [0, 0.1) is 11.8 Å². The first-order chi connectivity index (χ1) is 10.5. The first kappa shape index (κ1) is 15.5. The fourth-order valence-electron chi connectivity index (χ4n) is 2.89. The third kappa shape index (κ3) is 3.16. The number of carboxylic acid groups (broad SMARTS) is 1. The van der Waals surface area contributed by atoms with E-state index in [9.17, 15) is 9.90 Å². The fraction of sp³-hybridized carbons (Fsp3) is 0.375. The van der Waals surface area contributed by atoms with Crippen LogP contribution in [0.5, 0.6) is 0 Å². The molecule has 2 aromatic rings. The maximum absolute atomic E-state index is 11.2. The highest BCUT2D eigenvalue weighted by molar-refractivity contribution is 7.09. The predicted molar refractivity (Wildman–Crippen MR) is 88.1 cm³/mol. The molecule has 2 atom stereocenters. The summed E-state index contributed by atoms with van der Waals surface area (Å²) in [4.78, 5) is 18.0. The Balaban J connectivity index is 1.71. The van der Waals surface area contributed by atoms with Crippen LogP contribution in [0.15, 0.2) is 29.6 Å². The van der Waals surface area contributed by atoms with Crippen molar-refractivity contribution in [1.82, 2.24) is 9.88 Å². The van der Waals surface area contributed by atoms with E-state index >= 15 is 0 Å². The highest BCUT2D eigenvalue weighted by Crippen LogP contribution is 2.30. The molecule has 3 rings (SSSR count). The molecule has 2 heterocycles. The summed E-state index contributed by atoms with van der Waals surface area (Å²) in [7, 11) is 0. The average Bonchev–Trinajstić information content (AvgIpc) is 3.07. The van der Waals surface area contributed by atoms with Crippen LogP contribution in [-0.4, -0.2) is 34.0 Å². The summed E-state index contributed by atoms with van der Waals surface area (Å²) in [6, 6.07) is 7.66. The molecule has 4 nitrogen and oxygen atoms in total. The standard InChI is InChI=1S/C16H17ClN2O2S/c1-10-6-19(7-12(10)16(20)21)8-15-18-14(9-22-15)11-4-2-3-5-13(11)17/h2-5,9-10,12H,6-8H2,1H3,(H,20,21)/t10-,12-/m1/s1. The minimum Gasteiger partial charge on any atom is -0.481 e. The number of aliphatic carboxylic acids is 1. The summed E-state index contributed by atoms with van der Waals surface area (Å²) in [6.45, 7) is 4.09. The molecule has 6 heteroatoms. The molecule has 0 radical (unpaired) electrons. The smallest absolute Gasteiger partial charge is 0.308 e. The lowest BCUT2D eigenvalue weighted by molar-refractivity contribution is -0.142. The van der Waals surface area contributed by atoms with Crippen molar-refractivity contribution >= 4 is 28.9 Å². The Labute approximate surface area is 138 Å². The summed E-state index contributed by atoms with van der Waals surface area (Å²) in [5.74, 6) is -0.797. The van der Waals surface area contributed by atoms with E-state index in [1.807, 2.05) is 36.6 Å². The van der Waals surface area contributed by atoms with E-state index < -0.39 is 5.97 Å². The van der Waals surface area contributed by atoms with Crippen molar-refractivity contribution in [2.45, 2.75) is 13.5 Å². The minimum absolute atomic E-state index is 0.181. The van der Waals surface area contributed by atoms with Gasteiger partial charge in [-0.15, -0.1) is 11.3 Å². The van der Waals surface area contributed by atoms with E-state index in [2.05, 4.69) is 9.88 Å². The van der Waals surface area contributed by atoms with E-state index in [0.717, 1.165) is 22.8 Å². The molecule has 0 amide bonds. The monoisotopic (exact) mass is 336 g/mol. The second-order valence-corrected chi connectivity index (χ2v) is 7.07. The number of carboxylic acids is 1. The molecule has 1 aliphatic heterocycles. The van der Waals surface area contributed by atoms with Gasteiger partial charge < -0.3 is 5.11 Å². The first-order valence-electron chi connectivity index (χ1n) is 7.19. The highest BCUT2D eigenvalue weighted by atomic mass is 35.5. The Morgan fingerprint density at radius 3 is 2.91 bits per heavy atom. The van der Waals surface area contributed by atoms with Crippen molar-refractivity contribution < 1.29 is 9.90 Å². The molecule has 0 bridgehead atoms. The SMILES string of the molecule is C[C@@H]1CN(Cc2nc(-c3ccccc3Cl)cs2)C[C@H]1C(=O)O. The number of benzene rings is 1. The van der Waals surface area contributed by atoms with Gasteiger partial charge in [0.25, 0.3) is 0 Å². The van der Waals surface area contributed by atoms with E-state index in [0.29, 0.717) is 18.1 Å². The van der Waals surface area contributed by atoms with Gasteiger partial charge in [-0.1, -0.05) is 36.7 Å². The second kappa shape index (κ2) is 6.36. The van der Waals surface area contributed by atoms with Crippen LogP contribution in [-0.2, 0) is 11.3 Å². The normalized spacial score (nSPS) is 22.1. The number of thiazole rings is 1. The Bertz CT molecular complexity index is 688. The predicted octanol–water partition coefficient (Wildman–Crippen LogP) is 3.62. The van der Waals surface area contributed by atoms with Crippen LogP contribution in [0.25, 0.3) is 11.3 Å². The molecule has 1 aliphatic rings. The van der Waals surface area contributed by atoms with Gasteiger partial charge >= 0.3 is 5.97 Å². The lowest BCUT2D eigenvalue weighted by Gasteiger charge is -2.12. The molecule has 116 valence electrons. The zero-order valence-corrected chi connectivity index (χ0v) is 13.8. The molecule has 0 aliphatic carbocycles. The number of nitrogens with zero attached hydrogens (tertiary/aromatic N) is 2. The van der Waals surface area contributed by atoms with Crippen molar-refractivity contribution in [2.75, 3.05) is 13.1 Å². The lowest BCUT2D eigenvalue weighted by atomic mass is 9.99. The van der Waals surface area contributed by atoms with Crippen molar-refractivity contribution in [1.29, 1.82) is 0 Å². The van der Waals surface area contributed by atoms with Gasteiger partial charge in [-0.2, -0.15) is 0 Å². The third-order valence-electron chi connectivity index (χ3n) is 4.07. The van der Waals surface area contributed by atoms with E-state index in [1.165, 1.54) is 0 Å². The van der Waals surface area contributed by atoms with Gasteiger partial charge in [0.1, 0.15) is 5.01 Å². The van der Waals surface area contributed by atoms with Gasteiger partial charge in [0.05, 0.1) is 18.2 Å². The first-order valence-corrected chi connectivity index (χ1v) is 8.45. The molecular weight excluding hydrogens is 320 g/mol. The third-order valence-corrected chi connectivity index (χ3v) is 5.23. The Hall–Kier alpha value is -1.43. The number of rotatable bonds is 4. The van der Waals surface area contributed by atoms with Crippen LogP contribution in [0.4, 0.5) is 0 Å². The molecule has 1 fully saturated rings. The molecular formula is C16H17ClN2O2S. The summed E-state index contributed by atoms with van der Waals surface area (Å²) < 4.78 is 0. The van der Waals surface area contributed by atoms with Crippen LogP contribution in [0.2, 0.25) is 5.02 Å². The molecule has 0 unspecified atom stereocenters. The van der Waals surface area contributed by atoms with E-state index in [-0.39, 0.29) is 11.8 Å². The van der Waals surface area contributed by atoms with E-state index in [1.54, 1.807) is 11.3 Å². The molecule has 22 heavy (non-hydrogen) atoms. The lowest BCUT2D eigenvalue weighted by Crippen LogP contribution is -2.23. The largest absolute Gasteiger partial charge is 0.481 e. The number of hydrogen-bond acceptors (Lipinski definition) is 4. The Morgan fingerprint density at radius 1 is 1.45 bits per heavy atom. The quantitative estimate of drug-likeness (QED) is 0.926. The van der Waals surface area contributed by atoms with Crippen LogP contribution in [0.3, 0.4) is 0 Å². The van der Waals surface area contributed by atoms with Crippen LogP contribution in [0.1, 0.15) is 11.9 Å². The molecule has 1 aromatic heterocycles. The molecule has 1 saturated heterocycles. The number of hydrogen-bond donors (Lipinski definition) is 1. The molecule has 1 aromatic carbocycles. The summed E-state index contributed by atoms with van der Waals surface area (Å²) in [5.41, 5.74) is 1.82. The number of carbonyl (C=O) groups is 1.